The van der Waals surface area contributed by atoms with Gasteiger partial charge in [0.2, 0.25) is 23.6 Å². The van der Waals surface area contributed by atoms with Crippen LogP contribution in [-0.2, 0) is 24.0 Å². The molecule has 5 heterocycles. The van der Waals surface area contributed by atoms with Gasteiger partial charge in [0, 0.05) is 49.4 Å². The molecule has 25 heteroatoms. The molecule has 5 amide bonds. The third-order valence-corrected chi connectivity index (χ3v) is 15.7. The summed E-state index contributed by atoms with van der Waals surface area (Å²) < 4.78 is 0. The number of hydrogen-bond donors (Lipinski definition) is 13. The van der Waals surface area contributed by atoms with Crippen LogP contribution in [0.15, 0.2) is 91.0 Å². The third kappa shape index (κ3) is 15.3. The molecule has 0 saturated heterocycles. The van der Waals surface area contributed by atoms with Gasteiger partial charge in [-0.2, -0.15) is 0 Å². The van der Waals surface area contributed by atoms with Crippen LogP contribution in [0.2, 0.25) is 0 Å². The zero-order valence-electron chi connectivity index (χ0n) is 49.2. The van der Waals surface area contributed by atoms with Crippen LogP contribution in [-0.4, -0.2) is 143 Å². The molecule has 0 fully saturated rings. The van der Waals surface area contributed by atoms with E-state index < -0.39 is 65.7 Å². The molecule has 2 aliphatic heterocycles. The van der Waals surface area contributed by atoms with Crippen molar-refractivity contribution in [1.82, 2.24) is 66.5 Å². The molecule has 9 rings (SSSR count). The number of aromatic amines is 2. The van der Waals surface area contributed by atoms with Gasteiger partial charge < -0.3 is 70.3 Å². The molecule has 0 saturated carbocycles. The number of carboxylic acids is 1. The standard InChI is InChI=1S/C63H78N18O7/c64-30-12-7-23-45(59(83)70-46(24-8-13-31-65)60(84)71-47(25-9-14-32-66)61(85)72-48(26-10-15-33-67)62(86)73-49(63(87)88)27-11-16-34-68)69-58(82)36-28-29-43-44(35-36)57-80-55-42-22-6-5-21-41(42)53(78-55)76-51-38-18-2-1-17-37(38)50(74-51)75-52-39-19-3-4-20-40(39)54(77-52)79-56(43)81-57/h1-6,17-22,28-29,35,45-49H,7-16,23-27,30-34,64-68H2,(H,69,82)(H,70,83)(H,71,84)(H,72,85)(H,73,86)(H,87,88)(H2,74,75,76,77,78,79,80,81)/t45-,46-,47-,48-,49-/m0/s1. The smallest absolute Gasteiger partial charge is 0.326 e. The summed E-state index contributed by atoms with van der Waals surface area (Å²) in [6.45, 7) is 1.63. The Bertz CT molecular complexity index is 3830. The van der Waals surface area contributed by atoms with E-state index in [1.807, 2.05) is 72.8 Å². The van der Waals surface area contributed by atoms with Crippen LogP contribution in [0.3, 0.4) is 0 Å². The predicted molar refractivity (Wildman–Crippen MR) is 337 cm³/mol. The first-order valence-electron chi connectivity index (χ1n) is 30.3. The summed E-state index contributed by atoms with van der Waals surface area (Å²) in [5.74, 6) is -3.04. The van der Waals surface area contributed by atoms with E-state index in [2.05, 4.69) is 36.6 Å². The molecule has 88 heavy (non-hydrogen) atoms. The predicted octanol–water partition coefficient (Wildman–Crippen LogP) is 4.64. The highest BCUT2D eigenvalue weighted by Crippen LogP contribution is 2.37. The number of fused-ring (bicyclic) bond motifs is 20. The first-order chi connectivity index (χ1) is 42.8. The van der Waals surface area contributed by atoms with Gasteiger partial charge in [0.05, 0.1) is 0 Å². The molecule has 0 radical (unpaired) electrons. The molecule has 7 aromatic rings. The van der Waals surface area contributed by atoms with Crippen LogP contribution in [0.4, 0.5) is 0 Å². The van der Waals surface area contributed by atoms with E-state index in [4.69, 9.17) is 58.6 Å². The zero-order valence-corrected chi connectivity index (χ0v) is 49.2. The lowest BCUT2D eigenvalue weighted by molar-refractivity contribution is -0.142. The molecule has 4 aromatic carbocycles. The number of amides is 5. The number of carbonyl (C=O) groups is 6. The average Bonchev–Trinajstić information content (AvgIpc) is 1.88. The first-order valence-corrected chi connectivity index (χ1v) is 30.3. The van der Waals surface area contributed by atoms with Crippen molar-refractivity contribution in [3.8, 4) is 45.6 Å². The summed E-state index contributed by atoms with van der Waals surface area (Å²) in [6, 6.07) is 22.3. The molecule has 25 nitrogen and oxygen atoms in total. The summed E-state index contributed by atoms with van der Waals surface area (Å²) in [6.07, 6.45) is 5.55. The highest BCUT2D eigenvalue weighted by Gasteiger charge is 2.33. The van der Waals surface area contributed by atoms with Crippen molar-refractivity contribution in [3.63, 3.8) is 0 Å². The number of nitrogens with two attached hydrogens (primary N) is 5. The van der Waals surface area contributed by atoms with Crippen molar-refractivity contribution >= 4 is 79.6 Å². The summed E-state index contributed by atoms with van der Waals surface area (Å²) in [4.78, 5) is 121. The number of aliphatic carboxylic acids is 1. The minimum Gasteiger partial charge on any atom is -0.480 e. The molecule has 3 aromatic heterocycles. The van der Waals surface area contributed by atoms with E-state index in [1.165, 1.54) is 0 Å². The largest absolute Gasteiger partial charge is 0.480 e. The summed E-state index contributed by atoms with van der Waals surface area (Å²) in [7, 11) is 0. The lowest BCUT2D eigenvalue weighted by Crippen LogP contribution is -2.58. The van der Waals surface area contributed by atoms with Crippen molar-refractivity contribution in [1.29, 1.82) is 0 Å². The molecule has 5 atom stereocenters. The summed E-state index contributed by atoms with van der Waals surface area (Å²) in [5.41, 5.74) is 33.9. The Labute approximate surface area is 508 Å². The highest BCUT2D eigenvalue weighted by atomic mass is 16.4. The minimum absolute atomic E-state index is 0.126. The molecule has 0 unspecified atom stereocenters. The number of H-pyrrole nitrogens is 2. The lowest BCUT2D eigenvalue weighted by Gasteiger charge is -2.27. The van der Waals surface area contributed by atoms with E-state index in [0.29, 0.717) is 148 Å². The quantitative estimate of drug-likeness (QED) is 0.0263. The van der Waals surface area contributed by atoms with E-state index in [9.17, 15) is 33.9 Å². The molecule has 0 spiro atoms. The van der Waals surface area contributed by atoms with Gasteiger partial charge >= 0.3 is 5.97 Å². The number of nitrogens with one attached hydrogen (secondary N) is 7. The van der Waals surface area contributed by atoms with Gasteiger partial charge in [-0.1, -0.05) is 72.8 Å². The van der Waals surface area contributed by atoms with Gasteiger partial charge in [-0.05, 0) is 147 Å². The fourth-order valence-corrected chi connectivity index (χ4v) is 10.9. The van der Waals surface area contributed by atoms with Crippen molar-refractivity contribution < 1.29 is 33.9 Å². The Balaban J connectivity index is 1.01. The fourth-order valence-electron chi connectivity index (χ4n) is 10.9. The number of benzene rings is 4. The Kier molecular flexibility index (Phi) is 21.9. The maximum atomic E-state index is 14.7. The Morgan fingerprint density at radius 2 is 0.659 bits per heavy atom. The topological polar surface area (TPSA) is 422 Å². The summed E-state index contributed by atoms with van der Waals surface area (Å²) in [5, 5.41) is 27.0. The number of carbonyl (C=O) groups excluding carboxylic acids is 5. The van der Waals surface area contributed by atoms with Crippen molar-refractivity contribution in [2.75, 3.05) is 32.7 Å². The van der Waals surface area contributed by atoms with Gasteiger partial charge in [0.1, 0.15) is 52.8 Å². The monoisotopic (exact) mass is 1200 g/mol. The summed E-state index contributed by atoms with van der Waals surface area (Å²) >= 11 is 0. The number of carboxylic acid groups (broad SMARTS) is 1. The maximum Gasteiger partial charge on any atom is 0.326 e. The van der Waals surface area contributed by atoms with E-state index in [-0.39, 0.29) is 43.5 Å². The molecule has 8 bridgehead atoms. The zero-order chi connectivity index (χ0) is 62.1. The molecule has 18 N–H and O–H groups in total. The second-order valence-electron chi connectivity index (χ2n) is 22.0. The molecule has 462 valence electrons. The SMILES string of the molecule is NCCCC[C@H](NC(=O)[C@H](CCCCN)NC(=O)[C@H](CCCCN)NC(=O)[C@H](CCCCN)NC(=O)[C@H](CCCCN)NC(=O)c1ccc2c(c1)-c1nc-2nc2[nH]c(nc3nc(nc4[nH]c(n1)c1ccccc41)-c1ccccc1-3)c1ccccc21)C(=O)O. The van der Waals surface area contributed by atoms with Gasteiger partial charge in [0.25, 0.3) is 5.91 Å². The van der Waals surface area contributed by atoms with E-state index in [1.54, 1.807) is 18.2 Å². The van der Waals surface area contributed by atoms with Crippen LogP contribution in [0, 0.1) is 0 Å². The van der Waals surface area contributed by atoms with Crippen LogP contribution in [0.25, 0.3) is 89.7 Å². The molecular formula is C63H78N18O7. The van der Waals surface area contributed by atoms with Crippen molar-refractivity contribution in [2.24, 2.45) is 28.7 Å². The lowest BCUT2D eigenvalue weighted by atomic mass is 10.0. The number of rotatable bonds is 31. The van der Waals surface area contributed by atoms with Gasteiger partial charge in [-0.15, -0.1) is 0 Å². The molecule has 2 aliphatic rings. The van der Waals surface area contributed by atoms with Crippen LogP contribution in [0.1, 0.15) is 107 Å². The molecule has 0 aliphatic carbocycles. The second-order valence-corrected chi connectivity index (χ2v) is 22.0. The number of unbranched alkanes of at least 4 members (excludes halogenated alkanes) is 5. The van der Waals surface area contributed by atoms with Crippen LogP contribution < -0.4 is 55.3 Å². The van der Waals surface area contributed by atoms with Crippen LogP contribution >= 0.6 is 0 Å². The maximum absolute atomic E-state index is 14.7. The Morgan fingerprint density at radius 1 is 0.364 bits per heavy atom. The minimum atomic E-state index is -1.23. The Hall–Kier alpha value is -9.14. The van der Waals surface area contributed by atoms with Crippen molar-refractivity contribution in [3.05, 3.63) is 96.6 Å². The number of aromatic nitrogens is 8. The fraction of sp³-hybridized carbons (Fsp3) is 0.397. The second kappa shape index (κ2) is 30.5. The van der Waals surface area contributed by atoms with Crippen molar-refractivity contribution in [2.45, 2.75) is 127 Å². The highest BCUT2D eigenvalue weighted by molar-refractivity contribution is 6.07. The first kappa shape index (κ1) is 63.4. The number of hydrogen-bond acceptors (Lipinski definition) is 17. The molecular weight excluding hydrogens is 1120 g/mol. The average molecular weight is 1200 g/mol. The van der Waals surface area contributed by atoms with E-state index >= 15 is 0 Å². The van der Waals surface area contributed by atoms with Gasteiger partial charge in [0.15, 0.2) is 23.3 Å². The van der Waals surface area contributed by atoms with Crippen LogP contribution in [0.5, 0.6) is 0 Å². The third-order valence-electron chi connectivity index (χ3n) is 15.7. The van der Waals surface area contributed by atoms with Gasteiger partial charge in [-0.3, -0.25) is 24.0 Å². The Morgan fingerprint density at radius 3 is 1.00 bits per heavy atom. The van der Waals surface area contributed by atoms with E-state index in [0.717, 1.165) is 32.7 Å². The van der Waals surface area contributed by atoms with Gasteiger partial charge in [-0.25, -0.2) is 34.7 Å². The normalized spacial score (nSPS) is 13.4. The number of nitrogens with zero attached hydrogens (tertiary/aromatic N) is 6.